The van der Waals surface area contributed by atoms with Gasteiger partial charge in [-0.1, -0.05) is 6.92 Å². The number of ether oxygens (including phenoxy) is 1. The third-order valence-corrected chi connectivity index (χ3v) is 3.86. The van der Waals surface area contributed by atoms with E-state index in [9.17, 15) is 0 Å². The number of hydrogen-bond donors (Lipinski definition) is 0. The van der Waals surface area contributed by atoms with E-state index in [-0.39, 0.29) is 0 Å². The average Bonchev–Trinajstić information content (AvgIpc) is 2.52. The van der Waals surface area contributed by atoms with Gasteiger partial charge in [-0.25, -0.2) is 0 Å². The fourth-order valence-corrected chi connectivity index (χ4v) is 2.80. The van der Waals surface area contributed by atoms with Gasteiger partial charge in [-0.15, -0.1) is 11.3 Å². The van der Waals surface area contributed by atoms with Gasteiger partial charge in [0.05, 0.1) is 6.61 Å². The van der Waals surface area contributed by atoms with Gasteiger partial charge in [0.2, 0.25) is 0 Å². The van der Waals surface area contributed by atoms with Gasteiger partial charge in [-0.05, 0) is 36.3 Å². The average molecular weight is 196 g/mol. The SMILES string of the molecule is Cc1sccc1C1COCCC1C. The van der Waals surface area contributed by atoms with E-state index < -0.39 is 0 Å². The molecule has 0 spiro atoms. The Labute approximate surface area is 83.7 Å². The Bertz CT molecular complexity index is 279. The van der Waals surface area contributed by atoms with Crippen LogP contribution in [0.5, 0.6) is 0 Å². The van der Waals surface area contributed by atoms with Crippen LogP contribution in [0.3, 0.4) is 0 Å². The number of aryl methyl sites for hydroxylation is 1. The zero-order chi connectivity index (χ0) is 9.26. The van der Waals surface area contributed by atoms with Crippen molar-refractivity contribution in [1.82, 2.24) is 0 Å². The maximum Gasteiger partial charge on any atom is 0.0537 e. The van der Waals surface area contributed by atoms with Crippen LogP contribution in [0.15, 0.2) is 11.4 Å². The minimum Gasteiger partial charge on any atom is -0.381 e. The van der Waals surface area contributed by atoms with Crippen molar-refractivity contribution in [3.63, 3.8) is 0 Å². The molecule has 1 nitrogen and oxygen atoms in total. The fourth-order valence-electron chi connectivity index (χ4n) is 2.02. The molecule has 13 heavy (non-hydrogen) atoms. The van der Waals surface area contributed by atoms with Crippen molar-refractivity contribution >= 4 is 11.3 Å². The molecular weight excluding hydrogens is 180 g/mol. The Balaban J connectivity index is 2.19. The molecule has 1 fully saturated rings. The summed E-state index contributed by atoms with van der Waals surface area (Å²) in [6.07, 6.45) is 1.21. The van der Waals surface area contributed by atoms with Gasteiger partial charge < -0.3 is 4.74 Å². The summed E-state index contributed by atoms with van der Waals surface area (Å²) < 4.78 is 5.54. The molecule has 0 bridgehead atoms. The molecule has 0 saturated carbocycles. The summed E-state index contributed by atoms with van der Waals surface area (Å²) in [5.74, 6) is 1.42. The van der Waals surface area contributed by atoms with Crippen molar-refractivity contribution in [2.75, 3.05) is 13.2 Å². The molecular formula is C11H16OS. The van der Waals surface area contributed by atoms with Gasteiger partial charge in [0.1, 0.15) is 0 Å². The molecule has 0 aliphatic carbocycles. The Hall–Kier alpha value is -0.340. The largest absolute Gasteiger partial charge is 0.381 e. The molecule has 2 rings (SSSR count). The van der Waals surface area contributed by atoms with Gasteiger partial charge >= 0.3 is 0 Å². The summed E-state index contributed by atoms with van der Waals surface area (Å²) in [6.45, 7) is 6.41. The molecule has 0 radical (unpaired) electrons. The summed E-state index contributed by atoms with van der Waals surface area (Å²) in [7, 11) is 0. The standard InChI is InChI=1S/C11H16OS/c1-8-3-5-12-7-11(8)10-4-6-13-9(10)2/h4,6,8,11H,3,5,7H2,1-2H3. The molecule has 0 amide bonds. The molecule has 1 aromatic heterocycles. The normalized spacial score (nSPS) is 29.1. The summed E-state index contributed by atoms with van der Waals surface area (Å²) >= 11 is 1.84. The second-order valence-corrected chi connectivity index (χ2v) is 5.00. The lowest BCUT2D eigenvalue weighted by Gasteiger charge is -2.29. The Morgan fingerprint density at radius 2 is 2.38 bits per heavy atom. The third-order valence-electron chi connectivity index (χ3n) is 3.00. The van der Waals surface area contributed by atoms with Crippen molar-refractivity contribution in [1.29, 1.82) is 0 Å². The summed E-state index contributed by atoms with van der Waals surface area (Å²) in [6, 6.07) is 2.26. The number of rotatable bonds is 1. The zero-order valence-electron chi connectivity index (χ0n) is 8.25. The van der Waals surface area contributed by atoms with Crippen LogP contribution in [-0.2, 0) is 4.74 Å². The predicted octanol–water partition coefficient (Wildman–Crippen LogP) is 3.20. The van der Waals surface area contributed by atoms with E-state index in [1.807, 2.05) is 11.3 Å². The maximum atomic E-state index is 5.54. The molecule has 1 saturated heterocycles. The van der Waals surface area contributed by atoms with Gasteiger partial charge in [-0.2, -0.15) is 0 Å². The lowest BCUT2D eigenvalue weighted by atomic mass is 9.85. The number of hydrogen-bond acceptors (Lipinski definition) is 2. The smallest absolute Gasteiger partial charge is 0.0537 e. The van der Waals surface area contributed by atoms with Crippen molar-refractivity contribution in [2.24, 2.45) is 5.92 Å². The van der Waals surface area contributed by atoms with E-state index in [4.69, 9.17) is 4.74 Å². The highest BCUT2D eigenvalue weighted by Gasteiger charge is 2.24. The first-order chi connectivity index (χ1) is 6.29. The molecule has 0 N–H and O–H groups in total. The van der Waals surface area contributed by atoms with Crippen molar-refractivity contribution in [3.8, 4) is 0 Å². The zero-order valence-corrected chi connectivity index (χ0v) is 9.06. The second kappa shape index (κ2) is 3.81. The van der Waals surface area contributed by atoms with Crippen LogP contribution in [0, 0.1) is 12.8 Å². The van der Waals surface area contributed by atoms with Crippen molar-refractivity contribution in [3.05, 3.63) is 21.9 Å². The molecule has 2 heteroatoms. The molecule has 1 aromatic rings. The van der Waals surface area contributed by atoms with Crippen LogP contribution >= 0.6 is 11.3 Å². The highest BCUT2D eigenvalue weighted by Crippen LogP contribution is 2.34. The molecule has 0 aromatic carbocycles. The van der Waals surface area contributed by atoms with Crippen LogP contribution in [0.2, 0.25) is 0 Å². The minimum absolute atomic E-state index is 0.639. The van der Waals surface area contributed by atoms with E-state index in [1.165, 1.54) is 16.9 Å². The summed E-state index contributed by atoms with van der Waals surface area (Å²) in [4.78, 5) is 1.46. The predicted molar refractivity (Wildman–Crippen MR) is 56.4 cm³/mol. The second-order valence-electron chi connectivity index (χ2n) is 3.88. The number of thiophene rings is 1. The van der Waals surface area contributed by atoms with E-state index >= 15 is 0 Å². The lowest BCUT2D eigenvalue weighted by molar-refractivity contribution is 0.0523. The Morgan fingerprint density at radius 1 is 1.54 bits per heavy atom. The van der Waals surface area contributed by atoms with E-state index in [0.29, 0.717) is 5.92 Å². The molecule has 2 unspecified atom stereocenters. The van der Waals surface area contributed by atoms with Crippen LogP contribution < -0.4 is 0 Å². The maximum absolute atomic E-state index is 5.54. The van der Waals surface area contributed by atoms with Crippen LogP contribution in [0.25, 0.3) is 0 Å². The molecule has 1 aliphatic rings. The van der Waals surface area contributed by atoms with Gasteiger partial charge in [0.25, 0.3) is 0 Å². The van der Waals surface area contributed by atoms with Crippen molar-refractivity contribution < 1.29 is 4.74 Å². The third kappa shape index (κ3) is 1.79. The van der Waals surface area contributed by atoms with Crippen LogP contribution in [-0.4, -0.2) is 13.2 Å². The van der Waals surface area contributed by atoms with Gasteiger partial charge in [-0.3, -0.25) is 0 Å². The van der Waals surface area contributed by atoms with E-state index in [0.717, 1.165) is 19.1 Å². The molecule has 2 atom stereocenters. The topological polar surface area (TPSA) is 9.23 Å². The quantitative estimate of drug-likeness (QED) is 0.670. The summed E-state index contributed by atoms with van der Waals surface area (Å²) in [5.41, 5.74) is 1.51. The molecule has 2 heterocycles. The minimum atomic E-state index is 0.639. The molecule has 72 valence electrons. The summed E-state index contributed by atoms with van der Waals surface area (Å²) in [5, 5.41) is 2.19. The van der Waals surface area contributed by atoms with Gasteiger partial charge in [0.15, 0.2) is 0 Å². The first-order valence-electron chi connectivity index (χ1n) is 4.91. The van der Waals surface area contributed by atoms with E-state index in [2.05, 4.69) is 25.3 Å². The lowest BCUT2D eigenvalue weighted by Crippen LogP contribution is -2.23. The monoisotopic (exact) mass is 196 g/mol. The van der Waals surface area contributed by atoms with Gasteiger partial charge in [0, 0.05) is 17.4 Å². The molecule has 1 aliphatic heterocycles. The highest BCUT2D eigenvalue weighted by molar-refractivity contribution is 7.10. The first-order valence-corrected chi connectivity index (χ1v) is 5.78. The fraction of sp³-hybridized carbons (Fsp3) is 0.636. The van der Waals surface area contributed by atoms with Crippen molar-refractivity contribution in [2.45, 2.75) is 26.2 Å². The van der Waals surface area contributed by atoms with E-state index in [1.54, 1.807) is 0 Å². The first kappa shape index (κ1) is 9.22. The van der Waals surface area contributed by atoms with Crippen LogP contribution in [0.4, 0.5) is 0 Å². The Kier molecular flexibility index (Phi) is 2.70. The Morgan fingerprint density at radius 3 is 3.00 bits per heavy atom. The highest BCUT2D eigenvalue weighted by atomic mass is 32.1. The van der Waals surface area contributed by atoms with Crippen LogP contribution in [0.1, 0.15) is 29.7 Å².